The molecule has 7 rings (SSSR count). The van der Waals surface area contributed by atoms with Gasteiger partial charge >= 0.3 is 17.9 Å². The van der Waals surface area contributed by atoms with Crippen molar-refractivity contribution in [3.05, 3.63) is 70.5 Å². The fourth-order valence-electron chi connectivity index (χ4n) is 8.87. The van der Waals surface area contributed by atoms with Crippen LogP contribution < -0.4 is 0 Å². The Morgan fingerprint density at radius 3 is 1.66 bits per heavy atom. The van der Waals surface area contributed by atoms with Crippen molar-refractivity contribution in [2.24, 2.45) is 0 Å². The summed E-state index contributed by atoms with van der Waals surface area (Å²) in [6, 6.07) is 7.03. The highest BCUT2D eigenvalue weighted by atomic mass is 32.2. The number of hydrogen-bond donors (Lipinski definition) is 7. The summed E-state index contributed by atoms with van der Waals surface area (Å²) in [5.74, 6) is -10.6. The van der Waals surface area contributed by atoms with Crippen molar-refractivity contribution in [1.82, 2.24) is 0 Å². The van der Waals surface area contributed by atoms with Gasteiger partial charge in [0.15, 0.2) is 28.9 Å². The molecule has 0 aromatic heterocycles. The first-order valence-electron chi connectivity index (χ1n) is 18.2. The number of aliphatic hydroxyl groups is 4. The maximum atomic E-state index is 15.3. The zero-order valence-corrected chi connectivity index (χ0v) is 32.2. The van der Waals surface area contributed by atoms with E-state index in [1.54, 1.807) is 0 Å². The maximum Gasteiger partial charge on any atom is 0.371 e. The summed E-state index contributed by atoms with van der Waals surface area (Å²) in [4.78, 5) is 97.4. The molecule has 0 spiro atoms. The van der Waals surface area contributed by atoms with E-state index in [1.165, 1.54) is 31.2 Å². The number of Topliss-reactive ketones (excluding diaryl/α,β-unsaturated/α-hetero) is 4. The van der Waals surface area contributed by atoms with Crippen LogP contribution in [0.3, 0.4) is 0 Å². The highest BCUT2D eigenvalue weighted by Gasteiger charge is 2.78. The van der Waals surface area contributed by atoms with Crippen LogP contribution in [0.5, 0.6) is 11.5 Å². The molecule has 2 fully saturated rings. The molecule has 2 aromatic carbocycles. The van der Waals surface area contributed by atoms with E-state index in [0.717, 1.165) is 26.2 Å². The van der Waals surface area contributed by atoms with Crippen LogP contribution >= 0.6 is 11.8 Å². The van der Waals surface area contributed by atoms with Crippen LogP contribution in [-0.2, 0) is 38.1 Å². The smallest absolute Gasteiger partial charge is 0.371 e. The van der Waals surface area contributed by atoms with Crippen molar-refractivity contribution in [2.75, 3.05) is 7.11 Å². The van der Waals surface area contributed by atoms with Crippen LogP contribution in [0, 0.1) is 0 Å². The molecule has 0 bridgehead atoms. The Morgan fingerprint density at radius 1 is 0.763 bits per heavy atom. The van der Waals surface area contributed by atoms with E-state index in [9.17, 15) is 59.7 Å². The molecule has 3 aliphatic heterocycles. The van der Waals surface area contributed by atoms with Crippen LogP contribution in [0.1, 0.15) is 81.0 Å². The first-order valence-corrected chi connectivity index (χ1v) is 19.0. The highest BCUT2D eigenvalue weighted by Crippen LogP contribution is 2.64. The predicted octanol–water partition coefficient (Wildman–Crippen LogP) is 0.127. The van der Waals surface area contributed by atoms with Crippen molar-refractivity contribution in [3.63, 3.8) is 0 Å². The van der Waals surface area contributed by atoms with Crippen molar-refractivity contribution >= 4 is 52.8 Å². The molecule has 0 unspecified atom stereocenters. The Labute approximate surface area is 337 Å². The first-order chi connectivity index (χ1) is 27.7. The van der Waals surface area contributed by atoms with E-state index >= 15 is 9.59 Å². The number of carboxylic acid groups (broad SMARTS) is 1. The lowest BCUT2D eigenvalue weighted by atomic mass is 9.63. The minimum absolute atomic E-state index is 0.242. The third-order valence-corrected chi connectivity index (χ3v) is 13.7. The normalized spacial score (nSPS) is 36.2. The van der Waals surface area contributed by atoms with Crippen molar-refractivity contribution < 1.29 is 93.0 Å². The molecular formula is C39H38O19S. The number of thioether (sulfide) groups is 1. The van der Waals surface area contributed by atoms with Gasteiger partial charge in [0.2, 0.25) is 17.3 Å². The predicted molar refractivity (Wildman–Crippen MR) is 194 cm³/mol. The fraction of sp³-hybridized carbons (Fsp3) is 0.462. The Balaban J connectivity index is 1.39. The first kappa shape index (κ1) is 41.9. The quantitative estimate of drug-likeness (QED) is 0.174. The molecule has 0 amide bonds. The van der Waals surface area contributed by atoms with Gasteiger partial charge in [-0.1, -0.05) is 24.3 Å². The third-order valence-electron chi connectivity index (χ3n) is 11.7. The van der Waals surface area contributed by atoms with E-state index in [1.807, 2.05) is 0 Å². The van der Waals surface area contributed by atoms with Gasteiger partial charge in [-0.2, -0.15) is 0 Å². The number of rotatable bonds is 8. The van der Waals surface area contributed by atoms with Gasteiger partial charge in [-0.15, -0.1) is 11.8 Å². The number of carbonyl (C=O) groups is 7. The van der Waals surface area contributed by atoms with Gasteiger partial charge in [-0.05, 0) is 44.9 Å². The van der Waals surface area contributed by atoms with Gasteiger partial charge in [0.1, 0.15) is 27.1 Å². The van der Waals surface area contributed by atoms with Crippen molar-refractivity contribution in [3.8, 4) is 11.5 Å². The number of phenolic OH excluding ortho intramolecular Hbond substituents is 2. The van der Waals surface area contributed by atoms with Crippen LogP contribution in [0.25, 0.3) is 0 Å². The van der Waals surface area contributed by atoms with Gasteiger partial charge < -0.3 is 59.4 Å². The number of hydrogen-bond acceptors (Lipinski definition) is 19. The Bertz CT molecular complexity index is 2240. The molecule has 20 heteroatoms. The number of esters is 2. The van der Waals surface area contributed by atoms with E-state index in [0.29, 0.717) is 6.08 Å². The van der Waals surface area contributed by atoms with Gasteiger partial charge in [0.25, 0.3) is 6.29 Å². The molecule has 2 aromatic rings. The van der Waals surface area contributed by atoms with Crippen LogP contribution in [0.15, 0.2) is 48.2 Å². The Kier molecular flexibility index (Phi) is 10.3. The number of phenols is 2. The van der Waals surface area contributed by atoms with Crippen LogP contribution in [-0.4, -0.2) is 148 Å². The average molecular weight is 843 g/mol. The van der Waals surface area contributed by atoms with E-state index in [-0.39, 0.29) is 11.8 Å². The van der Waals surface area contributed by atoms with Gasteiger partial charge in [-0.25, -0.2) is 4.79 Å². The maximum absolute atomic E-state index is 15.3. The van der Waals surface area contributed by atoms with Crippen LogP contribution in [0.2, 0.25) is 0 Å². The van der Waals surface area contributed by atoms with E-state index in [2.05, 4.69) is 0 Å². The average Bonchev–Trinajstić information content (AvgIpc) is 3.17. The Hall–Kier alpha value is -5.22. The lowest BCUT2D eigenvalue weighted by Gasteiger charge is -2.61. The minimum atomic E-state index is -3.05. The number of aromatic hydroxyl groups is 2. The SMILES string of the molecule is COC(=O)C[C@H]1C[C@@]2(S[C@]34C[C@H](CC(=O)O[C@H]5OC(C(=O)O)=C[C@@H](O)[C@@H]5O)O[C@@H](C)[C@@]3(O)C(=O)c3c(O)cccc3C4=O)C(=O)c3cccc(O)c3C(=O)[C@]2(O)[C@H](C)O1. The van der Waals surface area contributed by atoms with E-state index in [4.69, 9.17) is 23.7 Å². The third kappa shape index (κ3) is 5.99. The molecule has 314 valence electrons. The second-order valence-electron chi connectivity index (χ2n) is 15.0. The summed E-state index contributed by atoms with van der Waals surface area (Å²) in [5.41, 5.74) is -8.08. The minimum Gasteiger partial charge on any atom is -0.507 e. The summed E-state index contributed by atoms with van der Waals surface area (Å²) < 4.78 is 21.7. The topological polar surface area (TPSA) is 307 Å². The number of aliphatic hydroxyl groups excluding tert-OH is 2. The second kappa shape index (κ2) is 14.5. The summed E-state index contributed by atoms with van der Waals surface area (Å²) >= 11 is 0.242. The molecule has 7 N–H and O–H groups in total. The molecule has 3 heterocycles. The zero-order chi connectivity index (χ0) is 43.1. The molecule has 2 aliphatic carbocycles. The standard InChI is InChI=1S/C39H38O19S/c1-15-38(52)32(48)27-19(6-4-8-21(27)40)30(46)36(38,13-17(55-15)10-25(43)54-3)59-37-14-18(11-26(44)58-35-29(45)23(42)12-24(57-35)34(50)51)56-16(2)39(37,53)33(49)28-20(31(37)47)7-5-9-22(28)41/h4-9,12,15-18,23,29,35,40-42,45,52-53H,10-11,13-14H2,1-3H3,(H,50,51)/t15-,16-,17-,18-,23+,29-,35+,36+,37-,38+,39+/m0/s1. The summed E-state index contributed by atoms with van der Waals surface area (Å²) in [5, 5.41) is 77.3. The Morgan fingerprint density at radius 2 is 1.22 bits per heavy atom. The monoisotopic (exact) mass is 842 g/mol. The molecule has 0 radical (unpaired) electrons. The number of fused-ring (bicyclic) bond motifs is 4. The second-order valence-corrected chi connectivity index (χ2v) is 16.6. The summed E-state index contributed by atoms with van der Waals surface area (Å²) in [6.07, 6.45) is -14.4. The lowest BCUT2D eigenvalue weighted by Crippen LogP contribution is -2.79. The number of carbonyl (C=O) groups excluding carboxylic acids is 6. The van der Waals surface area contributed by atoms with Crippen molar-refractivity contribution in [1.29, 1.82) is 0 Å². The lowest BCUT2D eigenvalue weighted by molar-refractivity contribution is -0.216. The number of ether oxygens (including phenoxy) is 5. The molecule has 11 atom stereocenters. The van der Waals surface area contributed by atoms with E-state index < -0.39 is 170 Å². The molecule has 2 saturated heterocycles. The zero-order valence-electron chi connectivity index (χ0n) is 31.3. The number of carboxylic acids is 1. The van der Waals surface area contributed by atoms with Gasteiger partial charge in [0.05, 0.1) is 55.5 Å². The molecule has 0 saturated carbocycles. The van der Waals surface area contributed by atoms with Crippen molar-refractivity contribution in [2.45, 2.75) is 103 Å². The number of ketones is 4. The largest absolute Gasteiger partial charge is 0.507 e. The van der Waals surface area contributed by atoms with Crippen LogP contribution in [0.4, 0.5) is 0 Å². The number of methoxy groups -OCH3 is 1. The van der Waals surface area contributed by atoms with Gasteiger partial charge in [0, 0.05) is 11.1 Å². The molecular weight excluding hydrogens is 804 g/mol. The number of benzene rings is 2. The molecule has 5 aliphatic rings. The fourth-order valence-corrected chi connectivity index (χ4v) is 11.2. The number of aliphatic carboxylic acids is 1. The summed E-state index contributed by atoms with van der Waals surface area (Å²) in [7, 11) is 1.08. The van der Waals surface area contributed by atoms with Gasteiger partial charge in [-0.3, -0.25) is 28.8 Å². The molecule has 59 heavy (non-hydrogen) atoms. The highest BCUT2D eigenvalue weighted by molar-refractivity contribution is 8.03. The molecule has 19 nitrogen and oxygen atoms in total. The summed E-state index contributed by atoms with van der Waals surface area (Å²) in [6.45, 7) is 2.38.